The minimum atomic E-state index is 0.717. The molecule has 0 spiro atoms. The minimum Gasteiger partial charge on any atom is -0.0843 e. The Hall–Kier alpha value is -0.980. The first-order valence-electron chi connectivity index (χ1n) is 4.78. The summed E-state index contributed by atoms with van der Waals surface area (Å²) >= 11 is 8.17. The van der Waals surface area contributed by atoms with Crippen molar-refractivity contribution in [2.45, 2.75) is 0 Å². The van der Waals surface area contributed by atoms with Crippen LogP contribution in [-0.4, -0.2) is 0 Å². The number of hydrogen-bond donors (Lipinski definition) is 0. The lowest BCUT2D eigenvalue weighted by Crippen LogP contribution is -1.80. The molecule has 78 valence electrons. The summed E-state index contributed by atoms with van der Waals surface area (Å²) in [6.45, 7) is 0. The van der Waals surface area contributed by atoms with Crippen LogP contribution in [0.4, 0.5) is 0 Å². The molecule has 0 aliphatic rings. The summed E-state index contributed by atoms with van der Waals surface area (Å²) in [5.41, 5.74) is 1.98. The van der Waals surface area contributed by atoms with Gasteiger partial charge in [0, 0.05) is 19.7 Å². The topological polar surface area (TPSA) is 0 Å². The maximum absolute atomic E-state index is 5.89. The van der Waals surface area contributed by atoms with Crippen LogP contribution in [0.3, 0.4) is 0 Å². The summed E-state index contributed by atoms with van der Waals surface area (Å²) in [5, 5.41) is 0.717. The van der Waals surface area contributed by atoms with Gasteiger partial charge in [0.25, 0.3) is 0 Å². The van der Waals surface area contributed by atoms with Crippen molar-refractivity contribution in [1.29, 1.82) is 0 Å². The Morgan fingerprint density at radius 3 is 2.50 bits per heavy atom. The largest absolute Gasteiger partial charge is 0.0843 e. The van der Waals surface area contributed by atoms with Crippen LogP contribution >= 0.6 is 34.2 Å². The highest BCUT2D eigenvalue weighted by atomic mass is 127. The number of hydrogen-bond acceptors (Lipinski definition) is 0. The summed E-state index contributed by atoms with van der Waals surface area (Å²) in [4.78, 5) is 0. The second kappa shape index (κ2) is 5.38. The second-order valence-corrected chi connectivity index (χ2v) is 4.84. The van der Waals surface area contributed by atoms with E-state index in [1.54, 1.807) is 0 Å². The number of halogens is 2. The smallest absolute Gasteiger partial charge is 0.0418 e. The Bertz CT molecular complexity index is 564. The maximum Gasteiger partial charge on any atom is 0.0418 e. The Balaban J connectivity index is 2.32. The second-order valence-electron chi connectivity index (χ2n) is 3.24. The molecule has 0 saturated carbocycles. The Labute approximate surface area is 114 Å². The lowest BCUT2D eigenvalue weighted by atomic mass is 10.2. The third-order valence-corrected chi connectivity index (χ3v) is 3.22. The van der Waals surface area contributed by atoms with E-state index >= 15 is 0 Å². The summed E-state index contributed by atoms with van der Waals surface area (Å²) < 4.78 is 1.16. The van der Waals surface area contributed by atoms with Crippen molar-refractivity contribution >= 4 is 34.2 Å². The highest BCUT2D eigenvalue weighted by molar-refractivity contribution is 14.1. The fourth-order valence-corrected chi connectivity index (χ4v) is 1.98. The molecule has 0 radical (unpaired) electrons. The molecule has 0 atom stereocenters. The van der Waals surface area contributed by atoms with E-state index < -0.39 is 0 Å². The monoisotopic (exact) mass is 338 g/mol. The van der Waals surface area contributed by atoms with Crippen molar-refractivity contribution in [1.82, 2.24) is 0 Å². The summed E-state index contributed by atoms with van der Waals surface area (Å²) in [6, 6.07) is 15.6. The zero-order chi connectivity index (χ0) is 11.4. The van der Waals surface area contributed by atoms with Crippen molar-refractivity contribution in [3.8, 4) is 11.8 Å². The van der Waals surface area contributed by atoms with Crippen molar-refractivity contribution in [2.24, 2.45) is 0 Å². The van der Waals surface area contributed by atoms with Crippen LogP contribution in [0.25, 0.3) is 0 Å². The van der Waals surface area contributed by atoms with Crippen molar-refractivity contribution < 1.29 is 0 Å². The van der Waals surface area contributed by atoms with E-state index in [1.165, 1.54) is 0 Å². The summed E-state index contributed by atoms with van der Waals surface area (Å²) in [5.74, 6) is 6.24. The lowest BCUT2D eigenvalue weighted by molar-refractivity contribution is 1.58. The molecule has 0 aliphatic heterocycles. The van der Waals surface area contributed by atoms with Gasteiger partial charge in [-0.1, -0.05) is 41.6 Å². The van der Waals surface area contributed by atoms with Gasteiger partial charge in [-0.05, 0) is 52.9 Å². The first-order chi connectivity index (χ1) is 7.75. The van der Waals surface area contributed by atoms with E-state index in [1.807, 2.05) is 48.5 Å². The van der Waals surface area contributed by atoms with Gasteiger partial charge in [-0.3, -0.25) is 0 Å². The van der Waals surface area contributed by atoms with Gasteiger partial charge in [-0.15, -0.1) is 0 Å². The van der Waals surface area contributed by atoms with Crippen molar-refractivity contribution in [3.05, 3.63) is 68.3 Å². The van der Waals surface area contributed by atoms with Gasteiger partial charge in [0.2, 0.25) is 0 Å². The summed E-state index contributed by atoms with van der Waals surface area (Å²) in [7, 11) is 0. The standard InChI is InChI=1S/C14H8ClI/c15-13-6-3-4-11(10-13)8-9-12-5-1-2-7-14(12)16/h1-7,10H. The van der Waals surface area contributed by atoms with Gasteiger partial charge in [0.05, 0.1) is 0 Å². The van der Waals surface area contributed by atoms with Gasteiger partial charge < -0.3 is 0 Å². The fraction of sp³-hybridized carbons (Fsp3) is 0. The predicted octanol–water partition coefficient (Wildman–Crippen LogP) is 4.34. The van der Waals surface area contributed by atoms with Crippen molar-refractivity contribution in [3.63, 3.8) is 0 Å². The molecule has 0 bridgehead atoms. The quantitative estimate of drug-likeness (QED) is 0.495. The Morgan fingerprint density at radius 1 is 0.938 bits per heavy atom. The SMILES string of the molecule is Clc1cccc(C#Cc2ccccc2I)c1. The van der Waals surface area contributed by atoms with Gasteiger partial charge in [0.15, 0.2) is 0 Å². The Morgan fingerprint density at radius 2 is 1.75 bits per heavy atom. The van der Waals surface area contributed by atoms with Crippen LogP contribution in [0.5, 0.6) is 0 Å². The predicted molar refractivity (Wildman–Crippen MR) is 76.6 cm³/mol. The molecule has 2 rings (SSSR count). The molecule has 0 aromatic heterocycles. The van der Waals surface area contributed by atoms with Crippen LogP contribution in [-0.2, 0) is 0 Å². The van der Waals surface area contributed by atoms with Gasteiger partial charge in [0.1, 0.15) is 0 Å². The third kappa shape index (κ3) is 3.01. The van der Waals surface area contributed by atoms with Crippen LogP contribution < -0.4 is 0 Å². The highest BCUT2D eigenvalue weighted by Crippen LogP contribution is 2.12. The van der Waals surface area contributed by atoms with Crippen LogP contribution in [0.1, 0.15) is 11.1 Å². The van der Waals surface area contributed by atoms with Gasteiger partial charge >= 0.3 is 0 Å². The van der Waals surface area contributed by atoms with E-state index in [9.17, 15) is 0 Å². The minimum absolute atomic E-state index is 0.717. The van der Waals surface area contributed by atoms with Gasteiger partial charge in [-0.2, -0.15) is 0 Å². The van der Waals surface area contributed by atoms with Crippen LogP contribution in [0, 0.1) is 15.4 Å². The van der Waals surface area contributed by atoms with E-state index in [0.717, 1.165) is 19.7 Å². The molecule has 0 amide bonds. The zero-order valence-electron chi connectivity index (χ0n) is 8.37. The zero-order valence-corrected chi connectivity index (χ0v) is 11.3. The molecule has 0 unspecified atom stereocenters. The molecule has 0 nitrogen and oxygen atoms in total. The van der Waals surface area contributed by atoms with E-state index in [4.69, 9.17) is 11.6 Å². The van der Waals surface area contributed by atoms with Gasteiger partial charge in [-0.25, -0.2) is 0 Å². The molecule has 2 aromatic rings. The summed E-state index contributed by atoms with van der Waals surface area (Å²) in [6.07, 6.45) is 0. The molecule has 2 aromatic carbocycles. The number of benzene rings is 2. The average molecular weight is 339 g/mol. The normalized spacial score (nSPS) is 9.38. The molecule has 0 aliphatic carbocycles. The van der Waals surface area contributed by atoms with Crippen LogP contribution in [0.2, 0.25) is 5.02 Å². The first kappa shape index (κ1) is 11.5. The molecule has 0 saturated heterocycles. The van der Waals surface area contributed by atoms with E-state index in [0.29, 0.717) is 0 Å². The Kier molecular flexibility index (Phi) is 3.87. The average Bonchev–Trinajstić information content (AvgIpc) is 2.28. The molecule has 16 heavy (non-hydrogen) atoms. The molecule has 2 heteroatoms. The molecular formula is C14H8ClI. The lowest BCUT2D eigenvalue weighted by Gasteiger charge is -1.94. The number of rotatable bonds is 0. The molecule has 0 N–H and O–H groups in total. The molecule has 0 fully saturated rings. The maximum atomic E-state index is 5.89. The first-order valence-corrected chi connectivity index (χ1v) is 6.23. The molecular weight excluding hydrogens is 331 g/mol. The van der Waals surface area contributed by atoms with Crippen molar-refractivity contribution in [2.75, 3.05) is 0 Å². The fourth-order valence-electron chi connectivity index (χ4n) is 1.27. The van der Waals surface area contributed by atoms with E-state index in [-0.39, 0.29) is 0 Å². The highest BCUT2D eigenvalue weighted by Gasteiger charge is 1.93. The third-order valence-electron chi connectivity index (χ3n) is 2.04. The van der Waals surface area contributed by atoms with Crippen LogP contribution in [0.15, 0.2) is 48.5 Å². The molecule has 0 heterocycles. The van der Waals surface area contributed by atoms with E-state index in [2.05, 4.69) is 34.4 Å².